The molecule has 0 bridgehead atoms. The van der Waals surface area contributed by atoms with Crippen molar-refractivity contribution in [2.75, 3.05) is 7.11 Å². The zero-order valence-corrected chi connectivity index (χ0v) is 13.6. The van der Waals surface area contributed by atoms with Gasteiger partial charge in [0.25, 0.3) is 0 Å². The molecule has 3 nitrogen and oxygen atoms in total. The highest BCUT2D eigenvalue weighted by Gasteiger charge is 2.15. The molecule has 2 atom stereocenters. The van der Waals surface area contributed by atoms with Gasteiger partial charge in [-0.3, -0.25) is 0 Å². The molecule has 2 rings (SSSR count). The number of ether oxygens (including phenoxy) is 1. The molecule has 0 aliphatic rings. The summed E-state index contributed by atoms with van der Waals surface area (Å²) in [5.41, 5.74) is 2.55. The van der Waals surface area contributed by atoms with Crippen LogP contribution in [-0.4, -0.2) is 13.2 Å². The molecule has 1 heterocycles. The van der Waals surface area contributed by atoms with E-state index in [2.05, 4.69) is 37.4 Å². The van der Waals surface area contributed by atoms with E-state index in [9.17, 15) is 0 Å². The second kappa shape index (κ2) is 6.81. The van der Waals surface area contributed by atoms with Gasteiger partial charge < -0.3 is 14.5 Å². The first kappa shape index (κ1) is 15.6. The monoisotopic (exact) mass is 287 g/mol. The number of hydrogen-bond donors (Lipinski definition) is 1. The Balaban J connectivity index is 1.94. The van der Waals surface area contributed by atoms with E-state index in [1.165, 1.54) is 11.1 Å². The molecule has 0 saturated carbocycles. The summed E-state index contributed by atoms with van der Waals surface area (Å²) in [7, 11) is 1.69. The van der Waals surface area contributed by atoms with Crippen molar-refractivity contribution < 1.29 is 9.15 Å². The molecular formula is C18H25NO2. The Kier molecular flexibility index (Phi) is 5.07. The second-order valence-corrected chi connectivity index (χ2v) is 5.71. The Morgan fingerprint density at radius 2 is 1.81 bits per heavy atom. The molecule has 1 aromatic carbocycles. The lowest BCUT2D eigenvalue weighted by molar-refractivity contribution is 0.414. The predicted molar refractivity (Wildman–Crippen MR) is 85.9 cm³/mol. The number of aryl methyl sites for hydroxylation is 2. The molecule has 2 aromatic rings. The van der Waals surface area contributed by atoms with Crippen LogP contribution in [0.15, 0.2) is 34.7 Å². The van der Waals surface area contributed by atoms with Crippen molar-refractivity contribution in [3.8, 4) is 5.75 Å². The van der Waals surface area contributed by atoms with Gasteiger partial charge in [-0.05, 0) is 57.9 Å². The number of benzene rings is 1. The van der Waals surface area contributed by atoms with E-state index in [-0.39, 0.29) is 6.04 Å². The van der Waals surface area contributed by atoms with E-state index in [1.807, 2.05) is 26.0 Å². The molecule has 0 spiro atoms. The first-order chi connectivity index (χ1) is 9.99. The summed E-state index contributed by atoms with van der Waals surface area (Å²) in [6.45, 7) is 8.41. The van der Waals surface area contributed by atoms with Crippen molar-refractivity contribution in [2.24, 2.45) is 0 Å². The molecule has 3 heteroatoms. The van der Waals surface area contributed by atoms with Crippen LogP contribution in [0.5, 0.6) is 5.75 Å². The summed E-state index contributed by atoms with van der Waals surface area (Å²) >= 11 is 0. The SMILES string of the molecule is COc1ccc(CC(C)NC(C)c2cc(C)oc2C)cc1. The second-order valence-electron chi connectivity index (χ2n) is 5.71. The Bertz CT molecular complexity index is 571. The smallest absolute Gasteiger partial charge is 0.118 e. The third-order valence-corrected chi connectivity index (χ3v) is 3.78. The van der Waals surface area contributed by atoms with Gasteiger partial charge in [-0.2, -0.15) is 0 Å². The fourth-order valence-electron chi connectivity index (χ4n) is 2.77. The number of hydrogen-bond acceptors (Lipinski definition) is 3. The Morgan fingerprint density at radius 1 is 1.14 bits per heavy atom. The Morgan fingerprint density at radius 3 is 2.33 bits per heavy atom. The molecule has 1 N–H and O–H groups in total. The van der Waals surface area contributed by atoms with E-state index in [0.29, 0.717) is 6.04 Å². The van der Waals surface area contributed by atoms with Crippen molar-refractivity contribution in [1.82, 2.24) is 5.32 Å². The molecular weight excluding hydrogens is 262 g/mol. The van der Waals surface area contributed by atoms with Crippen molar-refractivity contribution in [3.63, 3.8) is 0 Å². The van der Waals surface area contributed by atoms with Crippen LogP contribution in [0.4, 0.5) is 0 Å². The number of furan rings is 1. The first-order valence-electron chi connectivity index (χ1n) is 7.45. The van der Waals surface area contributed by atoms with Crippen LogP contribution < -0.4 is 10.1 Å². The minimum atomic E-state index is 0.288. The third-order valence-electron chi connectivity index (χ3n) is 3.78. The molecule has 0 aliphatic heterocycles. The molecule has 1 aromatic heterocycles. The van der Waals surface area contributed by atoms with Gasteiger partial charge in [0.05, 0.1) is 7.11 Å². The number of methoxy groups -OCH3 is 1. The zero-order chi connectivity index (χ0) is 15.4. The van der Waals surface area contributed by atoms with Crippen LogP contribution in [0.2, 0.25) is 0 Å². The van der Waals surface area contributed by atoms with E-state index in [4.69, 9.17) is 9.15 Å². The highest BCUT2D eigenvalue weighted by Crippen LogP contribution is 2.22. The summed E-state index contributed by atoms with van der Waals surface area (Å²) in [5, 5.41) is 3.64. The minimum Gasteiger partial charge on any atom is -0.497 e. The molecule has 0 radical (unpaired) electrons. The van der Waals surface area contributed by atoms with Crippen LogP contribution in [0.25, 0.3) is 0 Å². The summed E-state index contributed by atoms with van der Waals surface area (Å²) < 4.78 is 10.8. The van der Waals surface area contributed by atoms with E-state index in [0.717, 1.165) is 23.7 Å². The minimum absolute atomic E-state index is 0.288. The number of nitrogens with one attached hydrogen (secondary N) is 1. The van der Waals surface area contributed by atoms with Crippen LogP contribution in [0, 0.1) is 13.8 Å². The van der Waals surface area contributed by atoms with Gasteiger partial charge in [0.15, 0.2) is 0 Å². The Labute approximate surface area is 127 Å². The van der Waals surface area contributed by atoms with E-state index >= 15 is 0 Å². The average Bonchev–Trinajstić information content (AvgIpc) is 2.78. The van der Waals surface area contributed by atoms with Crippen molar-refractivity contribution in [1.29, 1.82) is 0 Å². The molecule has 0 fully saturated rings. The summed E-state index contributed by atoms with van der Waals surface area (Å²) in [4.78, 5) is 0. The maximum absolute atomic E-state index is 5.61. The largest absolute Gasteiger partial charge is 0.497 e. The van der Waals surface area contributed by atoms with Crippen LogP contribution in [0.1, 0.15) is 42.5 Å². The molecule has 0 aliphatic carbocycles. The lowest BCUT2D eigenvalue weighted by Crippen LogP contribution is -2.30. The quantitative estimate of drug-likeness (QED) is 0.865. The van der Waals surface area contributed by atoms with Gasteiger partial charge in [0.2, 0.25) is 0 Å². The van der Waals surface area contributed by atoms with Gasteiger partial charge >= 0.3 is 0 Å². The standard InChI is InChI=1S/C18H25NO2/c1-12(10-16-6-8-17(20-5)9-7-16)19-14(3)18-11-13(2)21-15(18)4/h6-9,11-12,14,19H,10H2,1-5H3. The van der Waals surface area contributed by atoms with E-state index in [1.54, 1.807) is 7.11 Å². The molecule has 21 heavy (non-hydrogen) atoms. The van der Waals surface area contributed by atoms with Crippen LogP contribution in [0.3, 0.4) is 0 Å². The molecule has 0 saturated heterocycles. The van der Waals surface area contributed by atoms with Crippen LogP contribution in [-0.2, 0) is 6.42 Å². The Hall–Kier alpha value is -1.74. The van der Waals surface area contributed by atoms with Crippen molar-refractivity contribution in [3.05, 3.63) is 53.0 Å². The van der Waals surface area contributed by atoms with E-state index < -0.39 is 0 Å². The maximum Gasteiger partial charge on any atom is 0.118 e. The average molecular weight is 287 g/mol. The third kappa shape index (κ3) is 4.11. The summed E-state index contributed by atoms with van der Waals surface area (Å²) in [6.07, 6.45) is 0.990. The van der Waals surface area contributed by atoms with Crippen molar-refractivity contribution >= 4 is 0 Å². The highest BCUT2D eigenvalue weighted by molar-refractivity contribution is 5.28. The maximum atomic E-state index is 5.61. The lowest BCUT2D eigenvalue weighted by Gasteiger charge is -2.20. The van der Waals surface area contributed by atoms with Gasteiger partial charge in [0.1, 0.15) is 17.3 Å². The van der Waals surface area contributed by atoms with Gasteiger partial charge in [-0.15, -0.1) is 0 Å². The van der Waals surface area contributed by atoms with Gasteiger partial charge in [0, 0.05) is 17.6 Å². The predicted octanol–water partition coefficient (Wildman–Crippen LogP) is 4.19. The first-order valence-corrected chi connectivity index (χ1v) is 7.45. The van der Waals surface area contributed by atoms with Crippen LogP contribution >= 0.6 is 0 Å². The summed E-state index contributed by atoms with van der Waals surface area (Å²) in [6, 6.07) is 11.1. The normalized spacial score (nSPS) is 14.0. The highest BCUT2D eigenvalue weighted by atomic mass is 16.5. The van der Waals surface area contributed by atoms with Gasteiger partial charge in [-0.1, -0.05) is 12.1 Å². The van der Waals surface area contributed by atoms with Gasteiger partial charge in [-0.25, -0.2) is 0 Å². The molecule has 2 unspecified atom stereocenters. The summed E-state index contributed by atoms with van der Waals surface area (Å²) in [5.74, 6) is 2.88. The lowest BCUT2D eigenvalue weighted by atomic mass is 10.0. The zero-order valence-electron chi connectivity index (χ0n) is 13.6. The number of rotatable bonds is 6. The molecule has 0 amide bonds. The molecule has 114 valence electrons. The van der Waals surface area contributed by atoms with Crippen molar-refractivity contribution in [2.45, 2.75) is 46.2 Å². The fraction of sp³-hybridized carbons (Fsp3) is 0.444. The topological polar surface area (TPSA) is 34.4 Å². The fourth-order valence-corrected chi connectivity index (χ4v) is 2.77.